The van der Waals surface area contributed by atoms with Gasteiger partial charge >= 0.3 is 6.09 Å². The van der Waals surface area contributed by atoms with E-state index in [9.17, 15) is 9.90 Å². The highest BCUT2D eigenvalue weighted by molar-refractivity contribution is 5.68. The number of rotatable bonds is 7. The summed E-state index contributed by atoms with van der Waals surface area (Å²) in [4.78, 5) is 13.8. The molecule has 1 atom stereocenters. The molecule has 0 spiro atoms. The van der Waals surface area contributed by atoms with Crippen molar-refractivity contribution >= 4 is 6.09 Å². The monoisotopic (exact) mass is 330 g/mol. The summed E-state index contributed by atoms with van der Waals surface area (Å²) >= 11 is 0. The van der Waals surface area contributed by atoms with E-state index in [4.69, 9.17) is 9.47 Å². The fourth-order valence-corrected chi connectivity index (χ4v) is 2.60. The van der Waals surface area contributed by atoms with Gasteiger partial charge in [0.1, 0.15) is 5.60 Å². The number of ether oxygens (including phenoxy) is 2. The second kappa shape index (κ2) is 8.85. The lowest BCUT2D eigenvalue weighted by Gasteiger charge is -2.34. The molecule has 2 N–H and O–H groups in total. The number of piperidine rings is 1. The zero-order chi connectivity index (χ0) is 17.5. The molecule has 1 unspecified atom stereocenters. The Bertz CT molecular complexity index is 358. The summed E-state index contributed by atoms with van der Waals surface area (Å²) < 4.78 is 10.4. The number of likely N-dealkylation sites (tertiary alicyclic amines) is 1. The largest absolute Gasteiger partial charge is 0.444 e. The van der Waals surface area contributed by atoms with Crippen LogP contribution >= 0.6 is 0 Å². The average Bonchev–Trinajstić information content (AvgIpc) is 2.44. The van der Waals surface area contributed by atoms with E-state index in [0.717, 1.165) is 32.5 Å². The summed E-state index contributed by atoms with van der Waals surface area (Å²) in [6, 6.07) is 0. The van der Waals surface area contributed by atoms with Crippen molar-refractivity contribution in [2.45, 2.75) is 58.2 Å². The van der Waals surface area contributed by atoms with Gasteiger partial charge in [-0.2, -0.15) is 0 Å². The number of nitrogens with zero attached hydrogens (tertiary/aromatic N) is 1. The van der Waals surface area contributed by atoms with Crippen molar-refractivity contribution in [2.75, 3.05) is 39.9 Å². The van der Waals surface area contributed by atoms with Crippen LogP contribution in [0.15, 0.2) is 0 Å². The molecule has 1 rings (SSSR count). The van der Waals surface area contributed by atoms with Crippen LogP contribution in [0.5, 0.6) is 0 Å². The van der Waals surface area contributed by atoms with Crippen LogP contribution in [0.4, 0.5) is 4.79 Å². The highest BCUT2D eigenvalue weighted by Crippen LogP contribution is 2.19. The molecule has 1 heterocycles. The standard InChI is InChI=1S/C17H34N2O4/c1-16(2,3)23-15(20)19-9-6-14(7-10-19)12-18-13-17(4,21)8-11-22-5/h14,18,21H,6-13H2,1-5H3. The number of aliphatic hydroxyl groups is 1. The molecule has 1 fully saturated rings. The van der Waals surface area contributed by atoms with Gasteiger partial charge in [-0.25, -0.2) is 4.79 Å². The number of methoxy groups -OCH3 is 1. The Morgan fingerprint density at radius 1 is 1.26 bits per heavy atom. The highest BCUT2D eigenvalue weighted by Gasteiger charge is 2.27. The predicted octanol–water partition coefficient (Wildman–Crippen LogP) is 2.01. The van der Waals surface area contributed by atoms with Crippen LogP contribution in [0.25, 0.3) is 0 Å². The minimum absolute atomic E-state index is 0.216. The first-order valence-electron chi connectivity index (χ1n) is 8.53. The van der Waals surface area contributed by atoms with Crippen molar-refractivity contribution in [3.8, 4) is 0 Å². The molecule has 23 heavy (non-hydrogen) atoms. The molecule has 0 aliphatic carbocycles. The van der Waals surface area contributed by atoms with Crippen LogP contribution in [0.1, 0.15) is 47.0 Å². The molecule has 1 aliphatic heterocycles. The van der Waals surface area contributed by atoms with E-state index in [0.29, 0.717) is 25.5 Å². The third kappa shape index (κ3) is 8.53. The summed E-state index contributed by atoms with van der Waals surface area (Å²) in [7, 11) is 1.64. The molecular weight excluding hydrogens is 296 g/mol. The summed E-state index contributed by atoms with van der Waals surface area (Å²) in [6.07, 6.45) is 2.33. The number of carbonyl (C=O) groups is 1. The molecular formula is C17H34N2O4. The second-order valence-electron chi connectivity index (χ2n) is 7.78. The molecule has 0 radical (unpaired) electrons. The molecule has 136 valence electrons. The number of nitrogens with one attached hydrogen (secondary N) is 1. The molecule has 0 bridgehead atoms. The molecule has 6 nitrogen and oxygen atoms in total. The molecule has 1 aliphatic rings. The fraction of sp³-hybridized carbons (Fsp3) is 0.941. The second-order valence-corrected chi connectivity index (χ2v) is 7.78. The van der Waals surface area contributed by atoms with E-state index in [1.54, 1.807) is 12.0 Å². The third-order valence-corrected chi connectivity index (χ3v) is 4.05. The zero-order valence-electron chi connectivity index (χ0n) is 15.4. The van der Waals surface area contributed by atoms with Crippen molar-refractivity contribution in [1.82, 2.24) is 10.2 Å². The van der Waals surface area contributed by atoms with Gasteiger partial charge < -0.3 is 24.8 Å². The maximum atomic E-state index is 12.0. The lowest BCUT2D eigenvalue weighted by molar-refractivity contribution is 0.0166. The van der Waals surface area contributed by atoms with Crippen molar-refractivity contribution in [1.29, 1.82) is 0 Å². The lowest BCUT2D eigenvalue weighted by atomic mass is 9.96. The van der Waals surface area contributed by atoms with Gasteiger partial charge in [0.25, 0.3) is 0 Å². The van der Waals surface area contributed by atoms with Gasteiger partial charge in [0.15, 0.2) is 0 Å². The van der Waals surface area contributed by atoms with Crippen molar-refractivity contribution in [2.24, 2.45) is 5.92 Å². The number of hydrogen-bond donors (Lipinski definition) is 2. The molecule has 0 aromatic heterocycles. The SMILES string of the molecule is COCCC(C)(O)CNCC1CCN(C(=O)OC(C)(C)C)CC1. The van der Waals surface area contributed by atoms with Crippen LogP contribution in [0.3, 0.4) is 0 Å². The maximum Gasteiger partial charge on any atom is 0.410 e. The van der Waals surface area contributed by atoms with E-state index < -0.39 is 11.2 Å². The Morgan fingerprint density at radius 2 is 1.87 bits per heavy atom. The molecule has 1 amide bonds. The Morgan fingerprint density at radius 3 is 2.39 bits per heavy atom. The minimum Gasteiger partial charge on any atom is -0.444 e. The molecule has 0 saturated carbocycles. The Balaban J connectivity index is 2.23. The smallest absolute Gasteiger partial charge is 0.410 e. The first-order chi connectivity index (χ1) is 10.6. The Kier molecular flexibility index (Phi) is 7.77. The van der Waals surface area contributed by atoms with Gasteiger partial charge in [0, 0.05) is 39.8 Å². The first kappa shape index (κ1) is 20.2. The average molecular weight is 330 g/mol. The van der Waals surface area contributed by atoms with Gasteiger partial charge in [-0.1, -0.05) is 0 Å². The molecule has 0 aromatic rings. The van der Waals surface area contributed by atoms with Gasteiger partial charge in [-0.3, -0.25) is 0 Å². The van der Waals surface area contributed by atoms with Crippen LogP contribution in [-0.4, -0.2) is 67.2 Å². The molecule has 1 saturated heterocycles. The zero-order valence-corrected chi connectivity index (χ0v) is 15.4. The van der Waals surface area contributed by atoms with Crippen LogP contribution in [0.2, 0.25) is 0 Å². The van der Waals surface area contributed by atoms with Crippen LogP contribution in [-0.2, 0) is 9.47 Å². The quantitative estimate of drug-likeness (QED) is 0.747. The van der Waals surface area contributed by atoms with Gasteiger partial charge in [0.2, 0.25) is 0 Å². The molecule has 0 aromatic carbocycles. The summed E-state index contributed by atoms with van der Waals surface area (Å²) in [5.41, 5.74) is -1.18. The van der Waals surface area contributed by atoms with Gasteiger partial charge in [0.05, 0.1) is 5.60 Å². The lowest BCUT2D eigenvalue weighted by Crippen LogP contribution is -2.45. The van der Waals surface area contributed by atoms with Crippen molar-refractivity contribution in [3.05, 3.63) is 0 Å². The van der Waals surface area contributed by atoms with E-state index in [1.165, 1.54) is 0 Å². The maximum absolute atomic E-state index is 12.0. The topological polar surface area (TPSA) is 71.0 Å². The van der Waals surface area contributed by atoms with Gasteiger partial charge in [-0.05, 0) is 53.0 Å². The number of amides is 1. The van der Waals surface area contributed by atoms with Crippen molar-refractivity contribution in [3.63, 3.8) is 0 Å². The Hall–Kier alpha value is -0.850. The number of carbonyl (C=O) groups excluding carboxylic acids is 1. The predicted molar refractivity (Wildman–Crippen MR) is 90.5 cm³/mol. The Labute approximate surface area is 140 Å². The first-order valence-corrected chi connectivity index (χ1v) is 8.53. The highest BCUT2D eigenvalue weighted by atomic mass is 16.6. The molecule has 6 heteroatoms. The van der Waals surface area contributed by atoms with E-state index in [2.05, 4.69) is 5.32 Å². The third-order valence-electron chi connectivity index (χ3n) is 4.05. The minimum atomic E-state index is -0.743. The van der Waals surface area contributed by atoms with Gasteiger partial charge in [-0.15, -0.1) is 0 Å². The van der Waals surface area contributed by atoms with E-state index in [-0.39, 0.29) is 6.09 Å². The summed E-state index contributed by atoms with van der Waals surface area (Å²) in [5, 5.41) is 13.5. The van der Waals surface area contributed by atoms with Crippen molar-refractivity contribution < 1.29 is 19.4 Å². The summed E-state index contributed by atoms with van der Waals surface area (Å²) in [5.74, 6) is 0.534. The van der Waals surface area contributed by atoms with E-state index >= 15 is 0 Å². The van der Waals surface area contributed by atoms with Crippen LogP contribution in [0, 0.1) is 5.92 Å². The summed E-state index contributed by atoms with van der Waals surface area (Å²) in [6.45, 7) is 10.9. The number of hydrogen-bond acceptors (Lipinski definition) is 5. The van der Waals surface area contributed by atoms with E-state index in [1.807, 2.05) is 27.7 Å². The fourth-order valence-electron chi connectivity index (χ4n) is 2.60. The normalized spacial score (nSPS) is 19.5. The van der Waals surface area contributed by atoms with Crippen LogP contribution < -0.4 is 5.32 Å².